The molecule has 0 saturated heterocycles. The number of hydrogen-bond acceptors (Lipinski definition) is 4. The zero-order valence-corrected chi connectivity index (χ0v) is 17.1. The van der Waals surface area contributed by atoms with E-state index in [-0.39, 0.29) is 6.04 Å². The third-order valence-corrected chi connectivity index (χ3v) is 5.29. The van der Waals surface area contributed by atoms with Crippen LogP contribution in [0, 0.1) is 18.6 Å². The van der Waals surface area contributed by atoms with Gasteiger partial charge in [0.2, 0.25) is 4.77 Å². The number of benzene rings is 2. The van der Waals surface area contributed by atoms with Crippen molar-refractivity contribution in [1.29, 1.82) is 0 Å². The van der Waals surface area contributed by atoms with Crippen molar-refractivity contribution in [3.8, 4) is 0 Å². The largest absolute Gasteiger partial charge is 0.276 e. The molecular weight excluding hydrogens is 366 g/mol. The van der Waals surface area contributed by atoms with E-state index in [4.69, 9.17) is 12.2 Å². The van der Waals surface area contributed by atoms with E-state index in [2.05, 4.69) is 70.6 Å². The standard InChI is InChI=1S/C22H23N5S/c1-16-14-17(2)27-21(23-16)24-26(22(27)28)15-25(3)20(18-10-6-4-7-11-18)19-12-8-5-9-13-19/h4-14,20H,15H2,1-3H3. The maximum atomic E-state index is 5.69. The molecular formula is C22H23N5S. The Balaban J connectivity index is 1.74. The Morgan fingerprint density at radius 1 is 0.964 bits per heavy atom. The minimum atomic E-state index is 0.102. The second kappa shape index (κ2) is 7.66. The monoisotopic (exact) mass is 389 g/mol. The van der Waals surface area contributed by atoms with Gasteiger partial charge in [0.1, 0.15) is 0 Å². The van der Waals surface area contributed by atoms with Gasteiger partial charge in [0.05, 0.1) is 12.7 Å². The Morgan fingerprint density at radius 2 is 1.54 bits per heavy atom. The van der Waals surface area contributed by atoms with E-state index in [1.54, 1.807) is 0 Å². The zero-order valence-electron chi connectivity index (χ0n) is 16.3. The number of aryl methyl sites for hydroxylation is 2. The zero-order chi connectivity index (χ0) is 19.7. The lowest BCUT2D eigenvalue weighted by Gasteiger charge is -2.28. The van der Waals surface area contributed by atoms with Gasteiger partial charge in [0.15, 0.2) is 0 Å². The minimum absolute atomic E-state index is 0.102. The van der Waals surface area contributed by atoms with Crippen LogP contribution in [0.1, 0.15) is 28.6 Å². The lowest BCUT2D eigenvalue weighted by Crippen LogP contribution is -2.28. The maximum Gasteiger partial charge on any atom is 0.254 e. The van der Waals surface area contributed by atoms with E-state index in [0.29, 0.717) is 17.2 Å². The van der Waals surface area contributed by atoms with Gasteiger partial charge in [-0.25, -0.2) is 9.67 Å². The predicted octanol–water partition coefficient (Wildman–Crippen LogP) is 4.56. The summed E-state index contributed by atoms with van der Waals surface area (Å²) >= 11 is 5.69. The van der Waals surface area contributed by atoms with Crippen LogP contribution in [0.4, 0.5) is 0 Å². The quantitative estimate of drug-likeness (QED) is 0.469. The average molecular weight is 390 g/mol. The van der Waals surface area contributed by atoms with Crippen LogP contribution < -0.4 is 0 Å². The number of nitrogens with zero attached hydrogens (tertiary/aromatic N) is 5. The van der Waals surface area contributed by atoms with E-state index in [0.717, 1.165) is 11.4 Å². The summed E-state index contributed by atoms with van der Waals surface area (Å²) in [6, 6.07) is 23.1. The second-order valence-corrected chi connectivity index (χ2v) is 7.44. The molecule has 0 aliphatic heterocycles. The smallest absolute Gasteiger partial charge is 0.254 e. The molecule has 2 heterocycles. The molecule has 28 heavy (non-hydrogen) atoms. The fourth-order valence-electron chi connectivity index (χ4n) is 3.69. The molecule has 0 atom stereocenters. The van der Waals surface area contributed by atoms with E-state index in [9.17, 15) is 0 Å². The molecule has 0 radical (unpaired) electrons. The lowest BCUT2D eigenvalue weighted by molar-refractivity contribution is 0.208. The fourth-order valence-corrected chi connectivity index (χ4v) is 4.02. The lowest BCUT2D eigenvalue weighted by atomic mass is 9.98. The Bertz CT molecular complexity index is 1110. The minimum Gasteiger partial charge on any atom is -0.276 e. The molecule has 0 unspecified atom stereocenters. The Hall–Kier alpha value is -2.83. The molecule has 0 fully saturated rings. The number of hydrogen-bond donors (Lipinski definition) is 0. The summed E-state index contributed by atoms with van der Waals surface area (Å²) < 4.78 is 4.44. The molecule has 0 bridgehead atoms. The summed E-state index contributed by atoms with van der Waals surface area (Å²) in [7, 11) is 2.10. The maximum absolute atomic E-state index is 5.69. The third-order valence-electron chi connectivity index (χ3n) is 4.90. The highest BCUT2D eigenvalue weighted by Gasteiger charge is 2.20. The van der Waals surface area contributed by atoms with Crippen LogP contribution in [-0.4, -0.2) is 31.1 Å². The van der Waals surface area contributed by atoms with Crippen molar-refractivity contribution in [2.24, 2.45) is 0 Å². The van der Waals surface area contributed by atoms with Crippen molar-refractivity contribution in [1.82, 2.24) is 24.1 Å². The van der Waals surface area contributed by atoms with Crippen molar-refractivity contribution < 1.29 is 0 Å². The molecule has 5 nitrogen and oxygen atoms in total. The second-order valence-electron chi connectivity index (χ2n) is 7.08. The Labute approximate surface area is 169 Å². The van der Waals surface area contributed by atoms with E-state index in [1.165, 1.54) is 11.1 Å². The van der Waals surface area contributed by atoms with Crippen molar-refractivity contribution >= 4 is 18.0 Å². The summed E-state index contributed by atoms with van der Waals surface area (Å²) in [4.78, 5) is 6.79. The SMILES string of the molecule is Cc1cc(C)n2c(=S)n(CN(C)C(c3ccccc3)c3ccccc3)nc2n1. The van der Waals surface area contributed by atoms with Gasteiger partial charge in [-0.15, -0.1) is 5.10 Å². The van der Waals surface area contributed by atoms with Crippen molar-refractivity contribution in [2.45, 2.75) is 26.6 Å². The summed E-state index contributed by atoms with van der Waals surface area (Å²) in [5.41, 5.74) is 4.45. The summed E-state index contributed by atoms with van der Waals surface area (Å²) in [5.74, 6) is 0.645. The molecule has 2 aromatic heterocycles. The summed E-state index contributed by atoms with van der Waals surface area (Å²) in [5, 5.41) is 4.67. The number of fused-ring (bicyclic) bond motifs is 1. The summed E-state index contributed by atoms with van der Waals surface area (Å²) in [6.07, 6.45) is 0. The first-order valence-electron chi connectivity index (χ1n) is 9.28. The molecule has 0 N–H and O–H groups in total. The molecule has 0 amide bonds. The van der Waals surface area contributed by atoms with Crippen LogP contribution in [-0.2, 0) is 6.67 Å². The van der Waals surface area contributed by atoms with Gasteiger partial charge < -0.3 is 0 Å². The molecule has 4 aromatic rings. The van der Waals surface area contributed by atoms with Gasteiger partial charge in [-0.2, -0.15) is 0 Å². The predicted molar refractivity (Wildman–Crippen MR) is 114 cm³/mol. The van der Waals surface area contributed by atoms with Gasteiger partial charge in [-0.1, -0.05) is 60.7 Å². The van der Waals surface area contributed by atoms with Crippen LogP contribution in [0.5, 0.6) is 0 Å². The van der Waals surface area contributed by atoms with Gasteiger partial charge in [-0.3, -0.25) is 9.30 Å². The number of rotatable bonds is 5. The van der Waals surface area contributed by atoms with E-state index < -0.39 is 0 Å². The van der Waals surface area contributed by atoms with Crippen LogP contribution in [0.2, 0.25) is 0 Å². The van der Waals surface area contributed by atoms with Crippen molar-refractivity contribution in [3.05, 3.63) is 94.0 Å². The molecule has 0 aliphatic carbocycles. The fraction of sp³-hybridized carbons (Fsp3) is 0.227. The van der Waals surface area contributed by atoms with Gasteiger partial charge in [-0.05, 0) is 50.3 Å². The molecule has 4 rings (SSSR count). The summed E-state index contributed by atoms with van der Waals surface area (Å²) in [6.45, 7) is 4.57. The van der Waals surface area contributed by atoms with E-state index >= 15 is 0 Å². The van der Waals surface area contributed by atoms with E-state index in [1.807, 2.05) is 41.1 Å². The number of aromatic nitrogens is 4. The van der Waals surface area contributed by atoms with Gasteiger partial charge >= 0.3 is 0 Å². The average Bonchev–Trinajstić information content (AvgIpc) is 2.99. The molecule has 0 aliphatic rings. The highest BCUT2D eigenvalue weighted by atomic mass is 32.1. The molecule has 0 saturated carbocycles. The van der Waals surface area contributed by atoms with Gasteiger partial charge in [0, 0.05) is 11.4 Å². The van der Waals surface area contributed by atoms with Crippen LogP contribution in [0.15, 0.2) is 66.7 Å². The molecule has 0 spiro atoms. The first-order valence-corrected chi connectivity index (χ1v) is 9.69. The van der Waals surface area contributed by atoms with Crippen LogP contribution >= 0.6 is 12.2 Å². The molecule has 142 valence electrons. The van der Waals surface area contributed by atoms with Gasteiger partial charge in [0.25, 0.3) is 5.78 Å². The highest BCUT2D eigenvalue weighted by Crippen LogP contribution is 2.27. The molecule has 2 aromatic carbocycles. The molecule has 6 heteroatoms. The Kier molecular flexibility index (Phi) is 5.07. The topological polar surface area (TPSA) is 38.4 Å². The Morgan fingerprint density at radius 3 is 2.11 bits per heavy atom. The van der Waals surface area contributed by atoms with Crippen molar-refractivity contribution in [2.75, 3.05) is 7.05 Å². The van der Waals surface area contributed by atoms with Crippen LogP contribution in [0.3, 0.4) is 0 Å². The normalized spacial score (nSPS) is 11.6. The third kappa shape index (κ3) is 3.48. The highest BCUT2D eigenvalue weighted by molar-refractivity contribution is 7.71. The van der Waals surface area contributed by atoms with Crippen LogP contribution in [0.25, 0.3) is 5.78 Å². The first-order chi connectivity index (χ1) is 13.5. The first kappa shape index (κ1) is 18.5. The van der Waals surface area contributed by atoms with Crippen molar-refractivity contribution in [3.63, 3.8) is 0 Å².